The largest absolute Gasteiger partial charge is 0.288 e. The molecule has 1 aliphatic rings. The number of ketones is 2. The Balaban J connectivity index is 1.39. The lowest BCUT2D eigenvalue weighted by atomic mass is 10.0. The smallest absolute Gasteiger partial charge is 0.197 e. The minimum absolute atomic E-state index is 0.154. The van der Waals surface area contributed by atoms with Crippen molar-refractivity contribution in [3.8, 4) is 10.4 Å². The maximum absolute atomic E-state index is 12.8. The van der Waals surface area contributed by atoms with Crippen molar-refractivity contribution in [2.24, 2.45) is 0 Å². The van der Waals surface area contributed by atoms with Crippen LogP contribution >= 0.6 is 45.9 Å². The molecule has 0 fully saturated rings. The van der Waals surface area contributed by atoms with Crippen LogP contribution in [0.1, 0.15) is 25.6 Å². The third-order valence-corrected chi connectivity index (χ3v) is 8.60. The van der Waals surface area contributed by atoms with Gasteiger partial charge < -0.3 is 0 Å². The Bertz CT molecular complexity index is 1560. The van der Waals surface area contributed by atoms with Gasteiger partial charge in [0.2, 0.25) is 0 Å². The van der Waals surface area contributed by atoms with Crippen molar-refractivity contribution in [2.45, 2.75) is 0 Å². The Morgan fingerprint density at radius 2 is 1.34 bits per heavy atom. The van der Waals surface area contributed by atoms with Gasteiger partial charge in [-0.1, -0.05) is 65.7 Å². The SMILES string of the molecule is O=C1C(=Cc2cc3sc(-c4cccc5ccccc45)cc3s2)C(=O)c2cc(Cl)c(Cl)cc21. The van der Waals surface area contributed by atoms with Crippen molar-refractivity contribution >= 4 is 83.7 Å². The van der Waals surface area contributed by atoms with Crippen LogP contribution in [0.15, 0.2) is 72.3 Å². The number of benzene rings is 3. The molecule has 0 bridgehead atoms. The maximum atomic E-state index is 12.8. The second-order valence-electron chi connectivity index (χ2n) is 7.54. The molecule has 3 aromatic carbocycles. The molecule has 1 aliphatic carbocycles. The van der Waals surface area contributed by atoms with Gasteiger partial charge in [0.15, 0.2) is 11.6 Å². The average molecular weight is 491 g/mol. The Kier molecular flexibility index (Phi) is 4.60. The van der Waals surface area contributed by atoms with E-state index in [0.717, 1.165) is 14.3 Å². The van der Waals surface area contributed by atoms with E-state index in [1.165, 1.54) is 33.3 Å². The first kappa shape index (κ1) is 19.9. The van der Waals surface area contributed by atoms with Crippen LogP contribution in [0.5, 0.6) is 0 Å². The summed E-state index contributed by atoms with van der Waals surface area (Å²) in [7, 11) is 0. The third kappa shape index (κ3) is 3.06. The van der Waals surface area contributed by atoms with Gasteiger partial charge in [-0.25, -0.2) is 0 Å². The van der Waals surface area contributed by atoms with E-state index in [-0.39, 0.29) is 27.2 Å². The fourth-order valence-electron chi connectivity index (χ4n) is 4.09. The zero-order valence-electron chi connectivity index (χ0n) is 16.3. The van der Waals surface area contributed by atoms with Crippen LogP contribution in [0.25, 0.3) is 36.7 Å². The van der Waals surface area contributed by atoms with Gasteiger partial charge in [-0.05, 0) is 46.7 Å². The molecule has 2 heterocycles. The van der Waals surface area contributed by atoms with Crippen molar-refractivity contribution in [3.63, 3.8) is 0 Å². The number of carbonyl (C=O) groups is 2. The summed E-state index contributed by atoms with van der Waals surface area (Å²) in [5.74, 6) is -0.617. The zero-order chi connectivity index (χ0) is 22.0. The summed E-state index contributed by atoms with van der Waals surface area (Å²) in [4.78, 5) is 27.7. The topological polar surface area (TPSA) is 34.1 Å². The van der Waals surface area contributed by atoms with Gasteiger partial charge in [0.25, 0.3) is 0 Å². The number of allylic oxidation sites excluding steroid dienone is 1. The van der Waals surface area contributed by atoms with E-state index >= 15 is 0 Å². The lowest BCUT2D eigenvalue weighted by molar-refractivity contribution is 0.0990. The summed E-state index contributed by atoms with van der Waals surface area (Å²) in [6, 6.07) is 21.9. The zero-order valence-corrected chi connectivity index (χ0v) is 19.5. The van der Waals surface area contributed by atoms with Crippen molar-refractivity contribution in [1.82, 2.24) is 0 Å². The summed E-state index contributed by atoms with van der Waals surface area (Å²) in [6.07, 6.45) is 1.68. The van der Waals surface area contributed by atoms with Crippen LogP contribution in [-0.2, 0) is 0 Å². The first-order valence-corrected chi connectivity index (χ1v) is 12.2. The molecule has 0 spiro atoms. The van der Waals surface area contributed by atoms with E-state index in [2.05, 4.69) is 42.5 Å². The molecule has 0 atom stereocenters. The summed E-state index contributed by atoms with van der Waals surface area (Å²) < 4.78 is 2.26. The number of carbonyl (C=O) groups excluding carboxylic acids is 2. The number of thiophene rings is 2. The van der Waals surface area contributed by atoms with Crippen LogP contribution in [-0.4, -0.2) is 11.6 Å². The van der Waals surface area contributed by atoms with Gasteiger partial charge in [0, 0.05) is 30.3 Å². The molecule has 0 saturated heterocycles. The van der Waals surface area contributed by atoms with Crippen LogP contribution in [0, 0.1) is 0 Å². The first-order chi connectivity index (χ1) is 15.5. The highest BCUT2D eigenvalue weighted by atomic mass is 35.5. The van der Waals surface area contributed by atoms with E-state index < -0.39 is 0 Å². The van der Waals surface area contributed by atoms with Gasteiger partial charge >= 0.3 is 0 Å². The molecule has 0 radical (unpaired) electrons. The minimum atomic E-state index is -0.309. The third-order valence-electron chi connectivity index (χ3n) is 5.61. The van der Waals surface area contributed by atoms with E-state index in [4.69, 9.17) is 23.2 Å². The minimum Gasteiger partial charge on any atom is -0.288 e. The Morgan fingerprint density at radius 3 is 2.06 bits per heavy atom. The highest BCUT2D eigenvalue weighted by molar-refractivity contribution is 7.30. The standard InChI is InChI=1S/C26H12Cl2O2S2/c27-20-10-17-18(11-21(20)28)26(30)19(25(17)29)8-14-9-23-24(31-14)12-22(32-23)16-7-3-5-13-4-1-2-6-15(13)16/h1-12H. The fourth-order valence-corrected chi connectivity index (χ4v) is 6.81. The normalized spacial score (nSPS) is 13.4. The number of hydrogen-bond donors (Lipinski definition) is 0. The van der Waals surface area contributed by atoms with E-state index in [9.17, 15) is 9.59 Å². The summed E-state index contributed by atoms with van der Waals surface area (Å²) in [6.45, 7) is 0. The molecular formula is C26H12Cl2O2S2. The molecule has 0 amide bonds. The van der Waals surface area contributed by atoms with Crippen LogP contribution < -0.4 is 0 Å². The second kappa shape index (κ2) is 7.39. The van der Waals surface area contributed by atoms with Gasteiger partial charge in [-0.2, -0.15) is 0 Å². The van der Waals surface area contributed by atoms with Crippen molar-refractivity contribution in [1.29, 1.82) is 0 Å². The number of halogens is 2. The average Bonchev–Trinajstić information content (AvgIpc) is 3.42. The molecule has 0 unspecified atom stereocenters. The highest BCUT2D eigenvalue weighted by Gasteiger charge is 2.34. The molecule has 32 heavy (non-hydrogen) atoms. The van der Waals surface area contributed by atoms with Gasteiger partial charge in [-0.15, -0.1) is 22.7 Å². The molecule has 5 aromatic rings. The number of hydrogen-bond acceptors (Lipinski definition) is 4. The van der Waals surface area contributed by atoms with E-state index in [1.807, 2.05) is 12.1 Å². The van der Waals surface area contributed by atoms with Gasteiger partial charge in [-0.3, -0.25) is 9.59 Å². The molecular weight excluding hydrogens is 479 g/mol. The molecule has 154 valence electrons. The Hall–Kier alpha value is -2.76. The van der Waals surface area contributed by atoms with Crippen LogP contribution in [0.2, 0.25) is 10.0 Å². The molecule has 0 N–H and O–H groups in total. The predicted octanol–water partition coefficient (Wildman–Crippen LogP) is 8.55. The van der Waals surface area contributed by atoms with Gasteiger partial charge in [0.1, 0.15) is 0 Å². The summed E-state index contributed by atoms with van der Waals surface area (Å²) >= 11 is 15.4. The fraction of sp³-hybridized carbons (Fsp3) is 0. The molecule has 0 saturated carbocycles. The molecule has 0 aliphatic heterocycles. The van der Waals surface area contributed by atoms with Crippen molar-refractivity contribution < 1.29 is 9.59 Å². The van der Waals surface area contributed by atoms with Crippen molar-refractivity contribution in [2.75, 3.05) is 0 Å². The first-order valence-electron chi connectivity index (χ1n) is 9.81. The quantitative estimate of drug-likeness (QED) is 0.183. The van der Waals surface area contributed by atoms with E-state index in [0.29, 0.717) is 11.1 Å². The maximum Gasteiger partial charge on any atom is 0.197 e. The predicted molar refractivity (Wildman–Crippen MR) is 136 cm³/mol. The molecule has 2 aromatic heterocycles. The lowest BCUT2D eigenvalue weighted by Gasteiger charge is -2.03. The van der Waals surface area contributed by atoms with Crippen molar-refractivity contribution in [3.05, 3.63) is 98.4 Å². The molecule has 6 rings (SSSR count). The van der Waals surface area contributed by atoms with Crippen LogP contribution in [0.4, 0.5) is 0 Å². The summed E-state index contributed by atoms with van der Waals surface area (Å²) in [5, 5.41) is 2.98. The van der Waals surface area contributed by atoms with E-state index in [1.54, 1.807) is 28.7 Å². The number of Topliss-reactive ketones (excluding diaryl/α,β-unsaturated/α-hetero) is 2. The highest BCUT2D eigenvalue weighted by Crippen LogP contribution is 2.42. The molecule has 6 heteroatoms. The van der Waals surface area contributed by atoms with Gasteiger partial charge in [0.05, 0.1) is 15.6 Å². The Morgan fingerprint density at radius 1 is 0.688 bits per heavy atom. The lowest BCUT2D eigenvalue weighted by Crippen LogP contribution is -1.99. The van der Waals surface area contributed by atoms with Crippen LogP contribution in [0.3, 0.4) is 0 Å². The Labute approximate surface area is 201 Å². The molecule has 2 nitrogen and oxygen atoms in total. The second-order valence-corrected chi connectivity index (χ2v) is 10.6. The summed E-state index contributed by atoms with van der Waals surface area (Å²) in [5.41, 5.74) is 1.99. The number of fused-ring (bicyclic) bond motifs is 3. The monoisotopic (exact) mass is 490 g/mol. The number of rotatable bonds is 2.